The van der Waals surface area contributed by atoms with Crippen LogP contribution in [0.15, 0.2) is 24.3 Å². The van der Waals surface area contributed by atoms with E-state index < -0.39 is 0 Å². The Kier molecular flexibility index (Phi) is 4.34. The number of carbonyl (C=O) groups is 1. The zero-order valence-electron chi connectivity index (χ0n) is 10.3. The third kappa shape index (κ3) is 3.42. The van der Waals surface area contributed by atoms with Gasteiger partial charge in [-0.25, -0.2) is 0 Å². The summed E-state index contributed by atoms with van der Waals surface area (Å²) in [5.74, 6) is 0.477. The molecule has 0 saturated heterocycles. The first-order valence-electron chi connectivity index (χ1n) is 5.79. The first-order chi connectivity index (χ1) is 9.10. The second-order valence-electron chi connectivity index (χ2n) is 3.92. The van der Waals surface area contributed by atoms with Gasteiger partial charge in [0.2, 0.25) is 5.91 Å². The van der Waals surface area contributed by atoms with Crippen LogP contribution >= 0.6 is 23.8 Å². The van der Waals surface area contributed by atoms with E-state index in [1.165, 1.54) is 0 Å². The number of halogens is 1. The molecule has 0 aliphatic rings. The van der Waals surface area contributed by atoms with Crippen molar-refractivity contribution in [2.75, 3.05) is 5.32 Å². The molecule has 0 bridgehead atoms. The number of carbonyl (C=O) groups excluding carboxylic acids is 1. The number of aromatic amines is 1. The Bertz CT molecular complexity index is 632. The van der Waals surface area contributed by atoms with Crippen molar-refractivity contribution >= 4 is 35.4 Å². The molecule has 2 rings (SSSR count). The third-order valence-electron chi connectivity index (χ3n) is 2.60. The van der Waals surface area contributed by atoms with Crippen LogP contribution in [0.25, 0.3) is 0 Å². The molecule has 0 unspecified atom stereocenters. The number of hydrogen-bond donors (Lipinski definition) is 2. The molecule has 5 nitrogen and oxygen atoms in total. The maximum Gasteiger partial charge on any atom is 0.232 e. The molecule has 0 spiro atoms. The van der Waals surface area contributed by atoms with Crippen molar-refractivity contribution in [1.29, 1.82) is 0 Å². The number of hydrogen-bond acceptors (Lipinski definition) is 3. The Morgan fingerprint density at radius 3 is 2.79 bits per heavy atom. The molecule has 19 heavy (non-hydrogen) atoms. The quantitative estimate of drug-likeness (QED) is 0.853. The summed E-state index contributed by atoms with van der Waals surface area (Å²) >= 11 is 10.8. The van der Waals surface area contributed by atoms with Gasteiger partial charge in [0, 0.05) is 17.3 Å². The van der Waals surface area contributed by atoms with E-state index in [9.17, 15) is 4.79 Å². The first kappa shape index (κ1) is 13.8. The lowest BCUT2D eigenvalue weighted by atomic mass is 10.3. The number of nitrogens with zero attached hydrogens (tertiary/aromatic N) is 2. The minimum atomic E-state index is -0.147. The van der Waals surface area contributed by atoms with Crippen LogP contribution in [0, 0.1) is 4.77 Å². The molecule has 0 atom stereocenters. The number of amides is 1. The number of rotatable bonds is 4. The Hall–Kier alpha value is -1.66. The molecule has 1 heterocycles. The summed E-state index contributed by atoms with van der Waals surface area (Å²) in [6.45, 7) is 2.63. The minimum Gasteiger partial charge on any atom is -0.326 e. The van der Waals surface area contributed by atoms with Gasteiger partial charge in [-0.15, -0.1) is 0 Å². The van der Waals surface area contributed by atoms with Gasteiger partial charge in [0.15, 0.2) is 4.77 Å². The Balaban J connectivity index is 2.05. The molecule has 2 N–H and O–H groups in total. The van der Waals surface area contributed by atoms with Crippen molar-refractivity contribution in [3.63, 3.8) is 0 Å². The van der Waals surface area contributed by atoms with E-state index in [4.69, 9.17) is 23.8 Å². The lowest BCUT2D eigenvalue weighted by molar-refractivity contribution is -0.115. The second-order valence-corrected chi connectivity index (χ2v) is 4.74. The Morgan fingerprint density at radius 2 is 2.16 bits per heavy atom. The Morgan fingerprint density at radius 1 is 1.47 bits per heavy atom. The van der Waals surface area contributed by atoms with E-state index >= 15 is 0 Å². The van der Waals surface area contributed by atoms with E-state index in [1.54, 1.807) is 28.8 Å². The van der Waals surface area contributed by atoms with Crippen LogP contribution in [0.2, 0.25) is 5.02 Å². The average Bonchev–Trinajstić information content (AvgIpc) is 2.72. The highest BCUT2D eigenvalue weighted by molar-refractivity contribution is 7.71. The predicted octanol–water partition coefficient (Wildman–Crippen LogP) is 2.80. The van der Waals surface area contributed by atoms with Gasteiger partial charge in [0.25, 0.3) is 0 Å². The van der Waals surface area contributed by atoms with Gasteiger partial charge >= 0.3 is 0 Å². The van der Waals surface area contributed by atoms with Gasteiger partial charge in [-0.3, -0.25) is 9.89 Å². The van der Waals surface area contributed by atoms with E-state index in [2.05, 4.69) is 15.5 Å². The van der Waals surface area contributed by atoms with Gasteiger partial charge < -0.3 is 9.88 Å². The molecule has 7 heteroatoms. The van der Waals surface area contributed by atoms with Crippen molar-refractivity contribution in [2.24, 2.45) is 0 Å². The fourth-order valence-corrected chi connectivity index (χ4v) is 2.10. The topological polar surface area (TPSA) is 62.7 Å². The predicted molar refractivity (Wildman–Crippen MR) is 76.9 cm³/mol. The maximum atomic E-state index is 11.9. The summed E-state index contributed by atoms with van der Waals surface area (Å²) in [6.07, 6.45) is 0.170. The molecule has 0 fully saturated rings. The van der Waals surface area contributed by atoms with Crippen LogP contribution in [0.5, 0.6) is 0 Å². The standard InChI is InChI=1S/C12H13ClN4OS/c1-2-17-10(15-16-12(17)19)7-11(18)14-9-5-3-8(13)4-6-9/h3-6H,2,7H2,1H3,(H,14,18)(H,16,19). The lowest BCUT2D eigenvalue weighted by Crippen LogP contribution is -2.17. The average molecular weight is 297 g/mol. The van der Waals surface area contributed by atoms with Crippen molar-refractivity contribution in [3.8, 4) is 0 Å². The van der Waals surface area contributed by atoms with Gasteiger partial charge in [-0.05, 0) is 43.4 Å². The smallest absolute Gasteiger partial charge is 0.232 e. The Labute approximate surface area is 120 Å². The van der Waals surface area contributed by atoms with Crippen LogP contribution in [-0.2, 0) is 17.8 Å². The second kappa shape index (κ2) is 5.99. The molecule has 0 radical (unpaired) electrons. The maximum absolute atomic E-state index is 11.9. The van der Waals surface area contributed by atoms with Gasteiger partial charge in [0.1, 0.15) is 5.82 Å². The molecular formula is C12H13ClN4OS. The minimum absolute atomic E-state index is 0.147. The molecule has 0 aliphatic heterocycles. The molecule has 0 aliphatic carbocycles. The van der Waals surface area contributed by atoms with E-state index in [0.717, 1.165) is 0 Å². The van der Waals surface area contributed by atoms with Crippen molar-refractivity contribution in [3.05, 3.63) is 39.9 Å². The number of nitrogens with one attached hydrogen (secondary N) is 2. The monoisotopic (exact) mass is 296 g/mol. The SMILES string of the molecule is CCn1c(CC(=O)Nc2ccc(Cl)cc2)n[nH]c1=S. The highest BCUT2D eigenvalue weighted by atomic mass is 35.5. The van der Waals surface area contributed by atoms with Crippen molar-refractivity contribution in [1.82, 2.24) is 14.8 Å². The van der Waals surface area contributed by atoms with E-state index in [0.29, 0.717) is 27.9 Å². The molecule has 2 aromatic rings. The molecule has 1 aromatic heterocycles. The zero-order valence-corrected chi connectivity index (χ0v) is 11.9. The lowest BCUT2D eigenvalue weighted by Gasteiger charge is -2.06. The molecular weight excluding hydrogens is 284 g/mol. The molecule has 100 valence electrons. The molecule has 1 aromatic carbocycles. The summed E-state index contributed by atoms with van der Waals surface area (Å²) in [6, 6.07) is 6.94. The summed E-state index contributed by atoms with van der Waals surface area (Å²) in [7, 11) is 0. The number of benzene rings is 1. The van der Waals surface area contributed by atoms with E-state index in [1.807, 2.05) is 6.92 Å². The summed E-state index contributed by atoms with van der Waals surface area (Å²) in [5, 5.41) is 10.1. The van der Waals surface area contributed by atoms with Gasteiger partial charge in [0.05, 0.1) is 6.42 Å². The first-order valence-corrected chi connectivity index (χ1v) is 6.58. The third-order valence-corrected chi connectivity index (χ3v) is 3.16. The fraction of sp³-hybridized carbons (Fsp3) is 0.250. The van der Waals surface area contributed by atoms with Crippen molar-refractivity contribution < 1.29 is 4.79 Å². The van der Waals surface area contributed by atoms with E-state index in [-0.39, 0.29) is 12.3 Å². The highest BCUT2D eigenvalue weighted by Gasteiger charge is 2.10. The molecule has 0 saturated carbocycles. The zero-order chi connectivity index (χ0) is 13.8. The highest BCUT2D eigenvalue weighted by Crippen LogP contribution is 2.13. The van der Waals surface area contributed by atoms with Gasteiger partial charge in [-0.2, -0.15) is 5.10 Å². The fourth-order valence-electron chi connectivity index (χ4n) is 1.69. The van der Waals surface area contributed by atoms with Crippen LogP contribution in [0.4, 0.5) is 5.69 Å². The van der Waals surface area contributed by atoms with Crippen LogP contribution in [0.3, 0.4) is 0 Å². The van der Waals surface area contributed by atoms with Crippen LogP contribution in [-0.4, -0.2) is 20.7 Å². The summed E-state index contributed by atoms with van der Waals surface area (Å²) < 4.78 is 2.31. The summed E-state index contributed by atoms with van der Waals surface area (Å²) in [5.41, 5.74) is 0.701. The van der Waals surface area contributed by atoms with Crippen LogP contribution in [0.1, 0.15) is 12.7 Å². The molecule has 1 amide bonds. The number of H-pyrrole nitrogens is 1. The summed E-state index contributed by atoms with van der Waals surface area (Å²) in [4.78, 5) is 11.9. The normalized spacial score (nSPS) is 10.4. The van der Waals surface area contributed by atoms with Crippen molar-refractivity contribution in [2.45, 2.75) is 19.9 Å². The number of anilines is 1. The van der Waals surface area contributed by atoms with Gasteiger partial charge in [-0.1, -0.05) is 11.6 Å². The number of aromatic nitrogens is 3. The largest absolute Gasteiger partial charge is 0.326 e. The van der Waals surface area contributed by atoms with Crippen LogP contribution < -0.4 is 5.32 Å².